The van der Waals surface area contributed by atoms with Crippen LogP contribution in [0.25, 0.3) is 10.2 Å². The molecular weight excluding hydrogens is 311 g/mol. The molecule has 0 aliphatic carbocycles. The number of hydrogen-bond acceptors (Lipinski definition) is 2. The van der Waals surface area contributed by atoms with Gasteiger partial charge >= 0.3 is 0 Å². The van der Waals surface area contributed by atoms with E-state index in [9.17, 15) is 9.18 Å². The van der Waals surface area contributed by atoms with Crippen LogP contribution in [0.4, 0.5) is 4.39 Å². The SMILES string of the molecule is C=CCn1c(=NC(=O)Cc2ccccc2)sc2cccc(F)c21. The van der Waals surface area contributed by atoms with Crippen LogP contribution in [0.5, 0.6) is 0 Å². The molecule has 1 heterocycles. The van der Waals surface area contributed by atoms with Gasteiger partial charge in [0.1, 0.15) is 5.82 Å². The van der Waals surface area contributed by atoms with Crippen molar-refractivity contribution in [3.8, 4) is 0 Å². The molecule has 0 fully saturated rings. The third kappa shape index (κ3) is 3.29. The van der Waals surface area contributed by atoms with Crippen LogP contribution in [-0.4, -0.2) is 10.5 Å². The highest BCUT2D eigenvalue weighted by atomic mass is 32.1. The number of fused-ring (bicyclic) bond motifs is 1. The Labute approximate surface area is 137 Å². The molecule has 0 aliphatic heterocycles. The van der Waals surface area contributed by atoms with Crippen LogP contribution in [0.15, 0.2) is 66.2 Å². The monoisotopic (exact) mass is 326 g/mol. The molecule has 0 saturated heterocycles. The summed E-state index contributed by atoms with van der Waals surface area (Å²) in [5.74, 6) is -0.571. The van der Waals surface area contributed by atoms with E-state index < -0.39 is 0 Å². The number of halogens is 1. The zero-order valence-corrected chi connectivity index (χ0v) is 13.2. The van der Waals surface area contributed by atoms with Gasteiger partial charge in [-0.1, -0.05) is 53.8 Å². The molecule has 0 spiro atoms. The first-order chi connectivity index (χ1) is 11.2. The van der Waals surface area contributed by atoms with Gasteiger partial charge in [0.05, 0.1) is 16.6 Å². The van der Waals surface area contributed by atoms with Crippen molar-refractivity contribution in [2.75, 3.05) is 0 Å². The van der Waals surface area contributed by atoms with E-state index in [-0.39, 0.29) is 18.1 Å². The maximum absolute atomic E-state index is 14.1. The van der Waals surface area contributed by atoms with Crippen LogP contribution in [-0.2, 0) is 17.8 Å². The van der Waals surface area contributed by atoms with E-state index in [1.165, 1.54) is 17.4 Å². The lowest BCUT2D eigenvalue weighted by atomic mass is 10.1. The number of thiazole rings is 1. The first-order valence-electron chi connectivity index (χ1n) is 7.19. The fourth-order valence-corrected chi connectivity index (χ4v) is 3.46. The van der Waals surface area contributed by atoms with Gasteiger partial charge in [0, 0.05) is 6.54 Å². The van der Waals surface area contributed by atoms with Crippen LogP contribution in [0.1, 0.15) is 5.56 Å². The molecule has 23 heavy (non-hydrogen) atoms. The second kappa shape index (κ2) is 6.71. The van der Waals surface area contributed by atoms with Crippen molar-refractivity contribution in [1.29, 1.82) is 0 Å². The lowest BCUT2D eigenvalue weighted by Gasteiger charge is -2.01. The van der Waals surface area contributed by atoms with Gasteiger partial charge in [-0.05, 0) is 17.7 Å². The normalized spacial score (nSPS) is 11.8. The highest BCUT2D eigenvalue weighted by molar-refractivity contribution is 7.16. The maximum atomic E-state index is 14.1. The third-order valence-electron chi connectivity index (χ3n) is 3.38. The molecule has 5 heteroatoms. The molecule has 116 valence electrons. The van der Waals surface area contributed by atoms with Crippen LogP contribution in [0, 0.1) is 5.82 Å². The van der Waals surface area contributed by atoms with E-state index >= 15 is 0 Å². The lowest BCUT2D eigenvalue weighted by molar-refractivity contribution is -0.117. The quantitative estimate of drug-likeness (QED) is 0.673. The minimum atomic E-state index is -0.322. The molecule has 1 amide bonds. The first-order valence-corrected chi connectivity index (χ1v) is 8.01. The maximum Gasteiger partial charge on any atom is 0.252 e. The first kappa shape index (κ1) is 15.4. The van der Waals surface area contributed by atoms with Crippen molar-refractivity contribution < 1.29 is 9.18 Å². The predicted molar refractivity (Wildman–Crippen MR) is 90.7 cm³/mol. The van der Waals surface area contributed by atoms with Crippen LogP contribution in [0.3, 0.4) is 0 Å². The number of carbonyl (C=O) groups excluding carboxylic acids is 1. The van der Waals surface area contributed by atoms with Gasteiger partial charge in [0.2, 0.25) is 0 Å². The van der Waals surface area contributed by atoms with E-state index in [1.54, 1.807) is 16.7 Å². The molecule has 0 radical (unpaired) electrons. The average Bonchev–Trinajstić information content (AvgIpc) is 2.87. The molecule has 3 aromatic rings. The van der Waals surface area contributed by atoms with Crippen LogP contribution < -0.4 is 4.80 Å². The Bertz CT molecular complexity index is 925. The highest BCUT2D eigenvalue weighted by Gasteiger charge is 2.11. The fourth-order valence-electron chi connectivity index (χ4n) is 2.39. The number of para-hydroxylation sites is 1. The van der Waals surface area contributed by atoms with Gasteiger partial charge in [-0.15, -0.1) is 6.58 Å². The number of aromatic nitrogens is 1. The fraction of sp³-hybridized carbons (Fsp3) is 0.111. The van der Waals surface area contributed by atoms with Crippen molar-refractivity contribution in [3.63, 3.8) is 0 Å². The van der Waals surface area contributed by atoms with Crippen molar-refractivity contribution in [3.05, 3.63) is 77.4 Å². The Kier molecular flexibility index (Phi) is 4.48. The summed E-state index contributed by atoms with van der Waals surface area (Å²) in [6.45, 7) is 4.10. The molecule has 3 nitrogen and oxygen atoms in total. The molecule has 1 aromatic heterocycles. The Morgan fingerprint density at radius 2 is 2.00 bits per heavy atom. The van der Waals surface area contributed by atoms with Crippen molar-refractivity contribution >= 4 is 27.5 Å². The summed E-state index contributed by atoms with van der Waals surface area (Å²) in [6.07, 6.45) is 1.89. The van der Waals surface area contributed by atoms with Crippen molar-refractivity contribution in [2.45, 2.75) is 13.0 Å². The van der Waals surface area contributed by atoms with E-state index in [0.29, 0.717) is 16.9 Å². The van der Waals surface area contributed by atoms with E-state index in [4.69, 9.17) is 0 Å². The Morgan fingerprint density at radius 1 is 1.22 bits per heavy atom. The smallest absolute Gasteiger partial charge is 0.252 e. The number of allylic oxidation sites excluding steroid dienone is 1. The summed E-state index contributed by atoms with van der Waals surface area (Å²) in [6, 6.07) is 14.3. The summed E-state index contributed by atoms with van der Waals surface area (Å²) < 4.78 is 16.5. The zero-order chi connectivity index (χ0) is 16.2. The summed E-state index contributed by atoms with van der Waals surface area (Å²) in [5.41, 5.74) is 1.37. The molecule has 0 saturated carbocycles. The average molecular weight is 326 g/mol. The Balaban J connectivity index is 2.04. The number of rotatable bonds is 4. The lowest BCUT2D eigenvalue weighted by Crippen LogP contribution is -2.17. The molecule has 2 aromatic carbocycles. The summed E-state index contributed by atoms with van der Waals surface area (Å²) in [7, 11) is 0. The summed E-state index contributed by atoms with van der Waals surface area (Å²) in [4.78, 5) is 16.9. The number of benzene rings is 2. The summed E-state index contributed by atoms with van der Waals surface area (Å²) in [5, 5.41) is 0. The predicted octanol–water partition coefficient (Wildman–Crippen LogP) is 3.70. The number of amides is 1. The second-order valence-electron chi connectivity index (χ2n) is 5.04. The number of carbonyl (C=O) groups is 1. The van der Waals surface area contributed by atoms with Gasteiger partial charge < -0.3 is 4.57 Å². The highest BCUT2D eigenvalue weighted by Crippen LogP contribution is 2.20. The van der Waals surface area contributed by atoms with E-state index in [1.807, 2.05) is 36.4 Å². The molecule has 0 bridgehead atoms. The third-order valence-corrected chi connectivity index (χ3v) is 4.43. The van der Waals surface area contributed by atoms with Gasteiger partial charge in [-0.3, -0.25) is 4.79 Å². The molecule has 0 N–H and O–H groups in total. The number of nitrogens with zero attached hydrogens (tertiary/aromatic N) is 2. The molecular formula is C18H15FN2OS. The topological polar surface area (TPSA) is 34.4 Å². The second-order valence-corrected chi connectivity index (χ2v) is 6.05. The van der Waals surface area contributed by atoms with Gasteiger partial charge in [0.25, 0.3) is 5.91 Å². The largest absolute Gasteiger partial charge is 0.310 e. The Morgan fingerprint density at radius 3 is 2.74 bits per heavy atom. The molecule has 0 unspecified atom stereocenters. The van der Waals surface area contributed by atoms with E-state index in [0.717, 1.165) is 10.3 Å². The van der Waals surface area contributed by atoms with E-state index in [2.05, 4.69) is 11.6 Å². The van der Waals surface area contributed by atoms with Crippen LogP contribution in [0.2, 0.25) is 0 Å². The minimum Gasteiger partial charge on any atom is -0.310 e. The minimum absolute atomic E-state index is 0.228. The Hall–Kier alpha value is -2.53. The van der Waals surface area contributed by atoms with Crippen molar-refractivity contribution in [1.82, 2.24) is 4.57 Å². The molecule has 0 aliphatic rings. The standard InChI is InChI=1S/C18H15FN2OS/c1-2-11-21-17-14(19)9-6-10-15(17)23-18(21)20-16(22)12-13-7-4-3-5-8-13/h2-10H,1,11-12H2. The van der Waals surface area contributed by atoms with Gasteiger partial charge in [-0.2, -0.15) is 4.99 Å². The van der Waals surface area contributed by atoms with Crippen LogP contribution >= 0.6 is 11.3 Å². The van der Waals surface area contributed by atoms with Gasteiger partial charge in [-0.25, -0.2) is 4.39 Å². The van der Waals surface area contributed by atoms with Gasteiger partial charge in [0.15, 0.2) is 4.80 Å². The number of hydrogen-bond donors (Lipinski definition) is 0. The molecule has 0 atom stereocenters. The summed E-state index contributed by atoms with van der Waals surface area (Å²) >= 11 is 1.30. The zero-order valence-electron chi connectivity index (χ0n) is 12.4. The molecule has 3 rings (SSSR count). The van der Waals surface area contributed by atoms with Crippen molar-refractivity contribution in [2.24, 2.45) is 4.99 Å².